The highest BCUT2D eigenvalue weighted by Crippen LogP contribution is 2.15. The van der Waals surface area contributed by atoms with E-state index in [9.17, 15) is 4.39 Å². The fourth-order valence-corrected chi connectivity index (χ4v) is 1.88. The van der Waals surface area contributed by atoms with E-state index in [2.05, 4.69) is 26.1 Å². The zero-order chi connectivity index (χ0) is 15.3. The third-order valence-electron chi connectivity index (χ3n) is 3.09. The van der Waals surface area contributed by atoms with E-state index >= 15 is 0 Å². The molecule has 0 aliphatic heterocycles. The highest BCUT2D eigenvalue weighted by Gasteiger charge is 2.12. The molecule has 0 saturated carbocycles. The van der Waals surface area contributed by atoms with Gasteiger partial charge in [-0.25, -0.2) is 4.39 Å². The minimum absolute atomic E-state index is 0.0259. The number of halogens is 1. The van der Waals surface area contributed by atoms with Crippen LogP contribution in [0.1, 0.15) is 37.7 Å². The average molecular weight is 291 g/mol. The second-order valence-corrected chi connectivity index (χ2v) is 6.06. The average Bonchev–Trinajstić information content (AvgIpc) is 2.85. The molecule has 1 N–H and O–H groups in total. The van der Waals surface area contributed by atoms with Gasteiger partial charge in [0.15, 0.2) is 0 Å². The highest BCUT2D eigenvalue weighted by molar-refractivity contribution is 5.18. The van der Waals surface area contributed by atoms with Crippen LogP contribution < -0.4 is 5.32 Å². The quantitative estimate of drug-likeness (QED) is 0.872. The molecule has 0 spiro atoms. The van der Waals surface area contributed by atoms with Crippen LogP contribution in [0.2, 0.25) is 0 Å². The summed E-state index contributed by atoms with van der Waals surface area (Å²) in [6.45, 7) is 7.61. The molecule has 0 atom stereocenters. The third kappa shape index (κ3) is 4.99. The van der Waals surface area contributed by atoms with Crippen LogP contribution >= 0.6 is 0 Å². The molecule has 0 fully saturated rings. The largest absolute Gasteiger partial charge is 0.468 e. The van der Waals surface area contributed by atoms with Gasteiger partial charge in [0.2, 0.25) is 0 Å². The van der Waals surface area contributed by atoms with Crippen molar-refractivity contribution in [2.75, 3.05) is 0 Å². The minimum atomic E-state index is -0.237. The Morgan fingerprint density at radius 2 is 1.81 bits per heavy atom. The van der Waals surface area contributed by atoms with Gasteiger partial charge in [-0.15, -0.1) is 0 Å². The van der Waals surface area contributed by atoms with Gasteiger partial charge in [0.05, 0.1) is 26.0 Å². The predicted octanol–water partition coefficient (Wildman–Crippen LogP) is 4.02. The number of benzene rings is 1. The van der Waals surface area contributed by atoms with Crippen molar-refractivity contribution in [3.63, 3.8) is 0 Å². The van der Waals surface area contributed by atoms with Gasteiger partial charge in [-0.3, -0.25) is 0 Å². The minimum Gasteiger partial charge on any atom is -0.468 e. The van der Waals surface area contributed by atoms with E-state index in [-0.39, 0.29) is 18.0 Å². The van der Waals surface area contributed by atoms with E-state index in [4.69, 9.17) is 9.15 Å². The Hall–Kier alpha value is -1.65. The molecule has 3 nitrogen and oxygen atoms in total. The lowest BCUT2D eigenvalue weighted by atomic mass is 10.1. The molecule has 0 amide bonds. The first-order valence-corrected chi connectivity index (χ1v) is 7.07. The Bertz CT molecular complexity index is 572. The lowest BCUT2D eigenvalue weighted by Gasteiger charge is -2.20. The summed E-state index contributed by atoms with van der Waals surface area (Å²) in [6, 6.07) is 8.53. The Morgan fingerprint density at radius 3 is 2.52 bits per heavy atom. The SMILES string of the molecule is CC(C)(C)NCc1occc1COCc1ccccc1F. The molecule has 114 valence electrons. The number of nitrogens with one attached hydrogen (secondary N) is 1. The van der Waals surface area contributed by atoms with Gasteiger partial charge in [0, 0.05) is 16.7 Å². The Kier molecular flexibility index (Phi) is 5.15. The molecular formula is C17H22FNO2. The summed E-state index contributed by atoms with van der Waals surface area (Å²) in [5.41, 5.74) is 1.58. The van der Waals surface area contributed by atoms with Gasteiger partial charge in [-0.1, -0.05) is 18.2 Å². The van der Waals surface area contributed by atoms with Gasteiger partial charge in [0.1, 0.15) is 11.6 Å². The summed E-state index contributed by atoms with van der Waals surface area (Å²) >= 11 is 0. The van der Waals surface area contributed by atoms with Crippen molar-refractivity contribution >= 4 is 0 Å². The van der Waals surface area contributed by atoms with E-state index < -0.39 is 0 Å². The lowest BCUT2D eigenvalue weighted by Crippen LogP contribution is -2.35. The zero-order valence-corrected chi connectivity index (χ0v) is 12.8. The van der Waals surface area contributed by atoms with Gasteiger partial charge in [0.25, 0.3) is 0 Å². The Morgan fingerprint density at radius 1 is 1.10 bits per heavy atom. The smallest absolute Gasteiger partial charge is 0.128 e. The molecule has 2 aromatic rings. The molecule has 21 heavy (non-hydrogen) atoms. The highest BCUT2D eigenvalue weighted by atomic mass is 19.1. The third-order valence-corrected chi connectivity index (χ3v) is 3.09. The van der Waals surface area contributed by atoms with Crippen molar-refractivity contribution in [2.24, 2.45) is 0 Å². The number of hydrogen-bond acceptors (Lipinski definition) is 3. The van der Waals surface area contributed by atoms with Crippen molar-refractivity contribution < 1.29 is 13.5 Å². The van der Waals surface area contributed by atoms with E-state index in [0.717, 1.165) is 11.3 Å². The lowest BCUT2D eigenvalue weighted by molar-refractivity contribution is 0.103. The van der Waals surface area contributed by atoms with Crippen molar-refractivity contribution in [1.29, 1.82) is 0 Å². The van der Waals surface area contributed by atoms with Crippen LogP contribution in [0.15, 0.2) is 41.0 Å². The molecule has 0 unspecified atom stereocenters. The second-order valence-electron chi connectivity index (χ2n) is 6.06. The van der Waals surface area contributed by atoms with E-state index in [1.165, 1.54) is 6.07 Å². The molecule has 1 aromatic carbocycles. The van der Waals surface area contributed by atoms with Crippen LogP contribution in [0.5, 0.6) is 0 Å². The number of furan rings is 1. The van der Waals surface area contributed by atoms with E-state index in [1.54, 1.807) is 24.5 Å². The Balaban J connectivity index is 1.87. The van der Waals surface area contributed by atoms with Crippen LogP contribution in [0, 0.1) is 5.82 Å². The van der Waals surface area contributed by atoms with Gasteiger partial charge < -0.3 is 14.5 Å². The zero-order valence-electron chi connectivity index (χ0n) is 12.8. The first kappa shape index (κ1) is 15.7. The molecule has 0 saturated heterocycles. The second kappa shape index (κ2) is 6.87. The van der Waals surface area contributed by atoms with Crippen LogP contribution in [0.25, 0.3) is 0 Å². The van der Waals surface area contributed by atoms with Crippen molar-refractivity contribution in [3.8, 4) is 0 Å². The normalized spacial score (nSPS) is 11.8. The maximum absolute atomic E-state index is 13.5. The maximum Gasteiger partial charge on any atom is 0.128 e. The topological polar surface area (TPSA) is 34.4 Å². The van der Waals surface area contributed by atoms with E-state index in [1.807, 2.05) is 6.07 Å². The summed E-state index contributed by atoms with van der Waals surface area (Å²) in [5, 5.41) is 3.37. The predicted molar refractivity (Wildman–Crippen MR) is 80.2 cm³/mol. The van der Waals surface area contributed by atoms with Gasteiger partial charge in [-0.2, -0.15) is 0 Å². The van der Waals surface area contributed by atoms with Gasteiger partial charge in [-0.05, 0) is 32.9 Å². The number of rotatable bonds is 6. The molecule has 1 aromatic heterocycles. The fraction of sp³-hybridized carbons (Fsp3) is 0.412. The monoisotopic (exact) mass is 291 g/mol. The first-order chi connectivity index (χ1) is 9.96. The van der Waals surface area contributed by atoms with Crippen LogP contribution in [0.4, 0.5) is 4.39 Å². The summed E-state index contributed by atoms with van der Waals surface area (Å²) in [7, 11) is 0. The maximum atomic E-state index is 13.5. The van der Waals surface area contributed by atoms with Crippen LogP contribution in [0.3, 0.4) is 0 Å². The Labute approximate surface area is 125 Å². The molecule has 0 aliphatic carbocycles. The summed E-state index contributed by atoms with van der Waals surface area (Å²) in [5.74, 6) is 0.623. The number of ether oxygens (including phenoxy) is 1. The molecule has 4 heteroatoms. The van der Waals surface area contributed by atoms with E-state index in [0.29, 0.717) is 18.7 Å². The van der Waals surface area contributed by atoms with Crippen molar-refractivity contribution in [3.05, 3.63) is 59.3 Å². The first-order valence-electron chi connectivity index (χ1n) is 7.07. The molecular weight excluding hydrogens is 269 g/mol. The van der Waals surface area contributed by atoms with Crippen molar-refractivity contribution in [1.82, 2.24) is 5.32 Å². The molecule has 0 aliphatic rings. The summed E-state index contributed by atoms with van der Waals surface area (Å²) in [4.78, 5) is 0. The van der Waals surface area contributed by atoms with Crippen LogP contribution in [-0.2, 0) is 24.5 Å². The molecule has 2 rings (SSSR count). The molecule has 1 heterocycles. The van der Waals surface area contributed by atoms with Crippen molar-refractivity contribution in [2.45, 2.75) is 46.1 Å². The number of hydrogen-bond donors (Lipinski definition) is 1. The van der Waals surface area contributed by atoms with Crippen LogP contribution in [-0.4, -0.2) is 5.54 Å². The summed E-state index contributed by atoms with van der Waals surface area (Å²) < 4.78 is 24.5. The van der Waals surface area contributed by atoms with Gasteiger partial charge >= 0.3 is 0 Å². The summed E-state index contributed by atoms with van der Waals surface area (Å²) in [6.07, 6.45) is 1.65. The fourth-order valence-electron chi connectivity index (χ4n) is 1.88. The molecule has 0 radical (unpaired) electrons. The standard InChI is InChI=1S/C17H22FNO2/c1-17(2,3)19-10-16-14(8-9-21-16)12-20-11-13-6-4-5-7-15(13)18/h4-9,19H,10-12H2,1-3H3. The molecule has 0 bridgehead atoms.